The molecule has 1 aromatic carbocycles. The molecule has 2 rings (SSSR count). The normalized spacial score (nSPS) is 12.0. The van der Waals surface area contributed by atoms with Gasteiger partial charge in [-0.1, -0.05) is 42.5 Å². The molecule has 0 aliphatic rings. The summed E-state index contributed by atoms with van der Waals surface area (Å²) in [5, 5.41) is 5.25. The fourth-order valence-electron chi connectivity index (χ4n) is 1.79. The molecule has 92 valence electrons. The molecule has 1 N–H and O–H groups in total. The molecule has 2 nitrogen and oxygen atoms in total. The molecular formula is C15H16N2S. The molecule has 0 saturated carbocycles. The maximum absolute atomic E-state index is 5.08. The van der Waals surface area contributed by atoms with Gasteiger partial charge in [-0.2, -0.15) is 0 Å². The van der Waals surface area contributed by atoms with Crippen LogP contribution >= 0.6 is 12.2 Å². The summed E-state index contributed by atoms with van der Waals surface area (Å²) in [5.41, 5.74) is 2.52. The molecule has 2 aromatic rings. The number of aromatic nitrogens is 1. The van der Waals surface area contributed by atoms with Crippen molar-refractivity contribution < 1.29 is 0 Å². The highest BCUT2D eigenvalue weighted by Crippen LogP contribution is 2.03. The van der Waals surface area contributed by atoms with Gasteiger partial charge in [0.25, 0.3) is 0 Å². The summed E-state index contributed by atoms with van der Waals surface area (Å²) < 4.78 is 0. The van der Waals surface area contributed by atoms with Gasteiger partial charge in [0.1, 0.15) is 0 Å². The first-order valence-electron chi connectivity index (χ1n) is 6.00. The molecule has 3 heteroatoms. The van der Waals surface area contributed by atoms with Gasteiger partial charge in [-0.25, -0.2) is 0 Å². The Balaban J connectivity index is 1.88. The van der Waals surface area contributed by atoms with E-state index >= 15 is 0 Å². The highest BCUT2D eigenvalue weighted by Gasteiger charge is 2.05. The SMILES string of the molecule is S=CC(Cc1ccncc1)NCc1ccccc1. The smallest absolute Gasteiger partial charge is 0.0397 e. The Bertz CT molecular complexity index is 470. The Kier molecular flexibility index (Phi) is 5.00. The first-order chi connectivity index (χ1) is 8.88. The lowest BCUT2D eigenvalue weighted by molar-refractivity contribution is 0.626. The Hall–Kier alpha value is -1.58. The lowest BCUT2D eigenvalue weighted by Crippen LogP contribution is -2.31. The van der Waals surface area contributed by atoms with Crippen molar-refractivity contribution >= 4 is 17.6 Å². The number of nitrogens with one attached hydrogen (secondary N) is 1. The second-order valence-electron chi connectivity index (χ2n) is 4.17. The van der Waals surface area contributed by atoms with Crippen LogP contribution in [0.2, 0.25) is 0 Å². The Morgan fingerprint density at radius 1 is 1.06 bits per heavy atom. The first kappa shape index (κ1) is 12.9. The topological polar surface area (TPSA) is 24.9 Å². The third-order valence-electron chi connectivity index (χ3n) is 2.78. The molecular weight excluding hydrogens is 240 g/mol. The van der Waals surface area contributed by atoms with Gasteiger partial charge in [0.2, 0.25) is 0 Å². The Morgan fingerprint density at radius 3 is 2.44 bits per heavy atom. The minimum absolute atomic E-state index is 0.211. The van der Waals surface area contributed by atoms with E-state index in [0.29, 0.717) is 0 Å². The molecule has 1 heterocycles. The maximum atomic E-state index is 5.08. The molecule has 1 unspecified atom stereocenters. The van der Waals surface area contributed by atoms with Crippen LogP contribution < -0.4 is 5.32 Å². The predicted molar refractivity (Wildman–Crippen MR) is 78.7 cm³/mol. The van der Waals surface area contributed by atoms with Crippen LogP contribution in [0.25, 0.3) is 0 Å². The number of hydrogen-bond donors (Lipinski definition) is 1. The van der Waals surface area contributed by atoms with Crippen molar-refractivity contribution in [3.8, 4) is 0 Å². The zero-order valence-corrected chi connectivity index (χ0v) is 10.9. The van der Waals surface area contributed by atoms with E-state index in [1.807, 2.05) is 42.7 Å². The predicted octanol–water partition coefficient (Wildman–Crippen LogP) is 2.78. The van der Waals surface area contributed by atoms with E-state index in [1.165, 1.54) is 11.1 Å². The zero-order valence-electron chi connectivity index (χ0n) is 10.1. The van der Waals surface area contributed by atoms with Gasteiger partial charge < -0.3 is 5.32 Å². The molecule has 18 heavy (non-hydrogen) atoms. The summed E-state index contributed by atoms with van der Waals surface area (Å²) in [6.45, 7) is 0.837. The van der Waals surface area contributed by atoms with E-state index in [2.05, 4.69) is 22.4 Å². The Labute approximate surface area is 113 Å². The Morgan fingerprint density at radius 2 is 1.78 bits per heavy atom. The molecule has 0 aliphatic carbocycles. The third-order valence-corrected chi connectivity index (χ3v) is 3.11. The lowest BCUT2D eigenvalue weighted by Gasteiger charge is -2.14. The van der Waals surface area contributed by atoms with Gasteiger partial charge in [0.15, 0.2) is 0 Å². The molecule has 0 aliphatic heterocycles. The van der Waals surface area contributed by atoms with Crippen LogP contribution in [0, 0.1) is 0 Å². The summed E-state index contributed by atoms with van der Waals surface area (Å²) in [5.74, 6) is 0. The van der Waals surface area contributed by atoms with Crippen LogP contribution in [-0.2, 0) is 13.0 Å². The van der Waals surface area contributed by atoms with Gasteiger partial charge in [-0.3, -0.25) is 4.98 Å². The fraction of sp³-hybridized carbons (Fsp3) is 0.200. The van der Waals surface area contributed by atoms with Crippen molar-refractivity contribution in [3.63, 3.8) is 0 Å². The number of rotatable bonds is 6. The van der Waals surface area contributed by atoms with E-state index in [1.54, 1.807) is 5.37 Å². The third kappa shape index (κ3) is 4.02. The summed E-state index contributed by atoms with van der Waals surface area (Å²) in [6.07, 6.45) is 4.53. The molecule has 0 radical (unpaired) electrons. The minimum atomic E-state index is 0.211. The molecule has 0 saturated heterocycles. The van der Waals surface area contributed by atoms with Gasteiger partial charge in [0.05, 0.1) is 0 Å². The van der Waals surface area contributed by atoms with E-state index in [-0.39, 0.29) is 6.04 Å². The van der Waals surface area contributed by atoms with Crippen LogP contribution in [0.3, 0.4) is 0 Å². The lowest BCUT2D eigenvalue weighted by atomic mass is 10.1. The van der Waals surface area contributed by atoms with E-state index < -0.39 is 0 Å². The monoisotopic (exact) mass is 256 g/mol. The number of pyridine rings is 1. The average molecular weight is 256 g/mol. The van der Waals surface area contributed by atoms with Gasteiger partial charge >= 0.3 is 0 Å². The van der Waals surface area contributed by atoms with Crippen LogP contribution in [0.1, 0.15) is 11.1 Å². The van der Waals surface area contributed by atoms with Crippen molar-refractivity contribution in [3.05, 3.63) is 66.0 Å². The maximum Gasteiger partial charge on any atom is 0.0397 e. The summed E-state index contributed by atoms with van der Waals surface area (Å²) in [6, 6.07) is 14.6. The number of nitrogens with zero attached hydrogens (tertiary/aromatic N) is 1. The second-order valence-corrected chi connectivity index (χ2v) is 4.44. The second kappa shape index (κ2) is 6.99. The standard InChI is InChI=1S/C15H16N2S/c18-12-15(10-13-6-8-16-9-7-13)17-11-14-4-2-1-3-5-14/h1-9,12,15,17H,10-11H2. The highest BCUT2D eigenvalue weighted by atomic mass is 32.1. The minimum Gasteiger partial charge on any atom is -0.305 e. The summed E-state index contributed by atoms with van der Waals surface area (Å²) in [7, 11) is 0. The number of benzene rings is 1. The van der Waals surface area contributed by atoms with E-state index in [0.717, 1.165) is 13.0 Å². The van der Waals surface area contributed by atoms with Crippen LogP contribution in [-0.4, -0.2) is 16.4 Å². The number of thiocarbonyl (C=S) groups is 1. The molecule has 0 spiro atoms. The van der Waals surface area contributed by atoms with Crippen molar-refractivity contribution in [1.29, 1.82) is 0 Å². The molecule has 1 atom stereocenters. The molecule has 1 aromatic heterocycles. The quantitative estimate of drug-likeness (QED) is 0.805. The highest BCUT2D eigenvalue weighted by molar-refractivity contribution is 7.79. The zero-order chi connectivity index (χ0) is 12.6. The van der Waals surface area contributed by atoms with Gasteiger partial charge in [-0.05, 0) is 35.0 Å². The van der Waals surface area contributed by atoms with Gasteiger partial charge in [0, 0.05) is 25.0 Å². The van der Waals surface area contributed by atoms with Crippen molar-refractivity contribution in [2.45, 2.75) is 19.0 Å². The first-order valence-corrected chi connectivity index (χ1v) is 6.47. The largest absolute Gasteiger partial charge is 0.305 e. The molecule has 0 bridgehead atoms. The van der Waals surface area contributed by atoms with E-state index in [9.17, 15) is 0 Å². The van der Waals surface area contributed by atoms with Crippen molar-refractivity contribution in [1.82, 2.24) is 10.3 Å². The summed E-state index contributed by atoms with van der Waals surface area (Å²) >= 11 is 5.08. The van der Waals surface area contributed by atoms with Crippen LogP contribution in [0.4, 0.5) is 0 Å². The van der Waals surface area contributed by atoms with Crippen LogP contribution in [0.5, 0.6) is 0 Å². The molecule has 0 fully saturated rings. The average Bonchev–Trinajstić information content (AvgIpc) is 2.45. The summed E-state index contributed by atoms with van der Waals surface area (Å²) in [4.78, 5) is 4.02. The number of hydrogen-bond acceptors (Lipinski definition) is 3. The van der Waals surface area contributed by atoms with Crippen molar-refractivity contribution in [2.75, 3.05) is 0 Å². The van der Waals surface area contributed by atoms with Gasteiger partial charge in [-0.15, -0.1) is 0 Å². The molecule has 0 amide bonds. The van der Waals surface area contributed by atoms with Crippen molar-refractivity contribution in [2.24, 2.45) is 0 Å². The fourth-order valence-corrected chi connectivity index (χ4v) is 1.98. The van der Waals surface area contributed by atoms with Crippen LogP contribution in [0.15, 0.2) is 54.9 Å². The van der Waals surface area contributed by atoms with E-state index in [4.69, 9.17) is 12.2 Å².